The third kappa shape index (κ3) is 16.5. The molecule has 0 saturated carbocycles. The van der Waals surface area contributed by atoms with Crippen molar-refractivity contribution in [1.29, 1.82) is 0 Å². The van der Waals surface area contributed by atoms with Crippen LogP contribution in [0.25, 0.3) is 22.3 Å². The van der Waals surface area contributed by atoms with E-state index in [1.807, 2.05) is 50.2 Å². The Balaban J connectivity index is 0.000000239. The summed E-state index contributed by atoms with van der Waals surface area (Å²) in [6.07, 6.45) is 10.6. The predicted molar refractivity (Wildman–Crippen MR) is 256 cm³/mol. The van der Waals surface area contributed by atoms with Crippen molar-refractivity contribution in [2.45, 2.75) is 91.9 Å². The Labute approximate surface area is 386 Å². The highest BCUT2D eigenvalue weighted by Crippen LogP contribution is 2.36. The number of aromatic nitrogens is 2. The first-order valence-corrected chi connectivity index (χ1v) is 25.9. The molecule has 0 atom stereocenters. The molecule has 0 unspecified atom stereocenters. The summed E-state index contributed by atoms with van der Waals surface area (Å²) in [5, 5.41) is 14.1. The number of hydrogen-bond acceptors (Lipinski definition) is 12. The van der Waals surface area contributed by atoms with Crippen LogP contribution in [0.15, 0.2) is 60.9 Å². The van der Waals surface area contributed by atoms with Gasteiger partial charge in [0.25, 0.3) is 0 Å². The molecule has 0 saturated heterocycles. The van der Waals surface area contributed by atoms with Crippen LogP contribution in [0, 0.1) is 0 Å². The molecule has 2 aromatic heterocycles. The molecular formula is C48H68N6O9S2. The quantitative estimate of drug-likeness (QED) is 0.0897. The molecule has 356 valence electrons. The Morgan fingerprint density at radius 3 is 1.54 bits per heavy atom. The van der Waals surface area contributed by atoms with E-state index in [4.69, 9.17) is 14.6 Å². The van der Waals surface area contributed by atoms with Crippen LogP contribution < -0.4 is 19.3 Å². The molecule has 2 aliphatic rings. The average Bonchev–Trinajstić information content (AvgIpc) is 3.98. The molecule has 2 aliphatic carbocycles. The minimum atomic E-state index is -3.67. The summed E-state index contributed by atoms with van der Waals surface area (Å²) in [7, 11) is -3.79. The molecule has 15 nitrogen and oxygen atoms in total. The number of nitrogens with one attached hydrogen (secondary N) is 1. The number of carboxylic acids is 1. The van der Waals surface area contributed by atoms with Gasteiger partial charge in [0, 0.05) is 24.5 Å². The van der Waals surface area contributed by atoms with Gasteiger partial charge in [-0.05, 0) is 158 Å². The van der Waals surface area contributed by atoms with Gasteiger partial charge in [0.15, 0.2) is 0 Å². The Bertz CT molecular complexity index is 2420. The average molecular weight is 937 g/mol. The molecule has 0 aliphatic heterocycles. The Morgan fingerprint density at radius 1 is 0.677 bits per heavy atom. The van der Waals surface area contributed by atoms with Crippen LogP contribution in [0.4, 0.5) is 0 Å². The van der Waals surface area contributed by atoms with E-state index in [1.165, 1.54) is 16.7 Å². The zero-order chi connectivity index (χ0) is 47.6. The molecule has 1 amide bonds. The minimum absolute atomic E-state index is 0.0262. The van der Waals surface area contributed by atoms with Crippen LogP contribution in [0.2, 0.25) is 0 Å². The summed E-state index contributed by atoms with van der Waals surface area (Å²) in [5.41, 5.74) is 10.5. The zero-order valence-electron chi connectivity index (χ0n) is 38.9. The summed E-state index contributed by atoms with van der Waals surface area (Å²) >= 11 is 0. The van der Waals surface area contributed by atoms with E-state index in [9.17, 15) is 31.5 Å². The molecule has 0 radical (unpaired) electrons. The number of aliphatic carboxylic acids is 1. The van der Waals surface area contributed by atoms with E-state index in [1.54, 1.807) is 26.6 Å². The molecule has 2 heterocycles. The fourth-order valence-electron chi connectivity index (χ4n) is 8.43. The number of aryl methyl sites for hydroxylation is 2. The topological polar surface area (TPSA) is 211 Å². The lowest BCUT2D eigenvalue weighted by Gasteiger charge is -2.18. The number of ether oxygens (including phenoxy) is 2. The number of fused-ring (bicyclic) bond motifs is 2. The first kappa shape index (κ1) is 52.7. The van der Waals surface area contributed by atoms with Crippen LogP contribution in [-0.2, 0) is 68.2 Å². The number of sulfonamides is 2. The third-order valence-electron chi connectivity index (χ3n) is 11.8. The second kappa shape index (κ2) is 25.7. The summed E-state index contributed by atoms with van der Waals surface area (Å²) in [5.74, 6) is -0.225. The SMILES string of the molecule is CCN(CC)CCCS(=O)(=O)NC(=O)Cc1c(-c2ccnc(OC)c2)ccc2c1CCC2.CCN(CC)CCCS(N)(=O)=O.COc1cc(-c2ccc3c(c2CC(=O)O)CCC3)ccn1. The minimum Gasteiger partial charge on any atom is -0.481 e. The molecule has 4 N–H and O–H groups in total. The maximum Gasteiger partial charge on any atom is 0.307 e. The van der Waals surface area contributed by atoms with Gasteiger partial charge < -0.3 is 24.4 Å². The van der Waals surface area contributed by atoms with Crippen molar-refractivity contribution in [3.63, 3.8) is 0 Å². The van der Waals surface area contributed by atoms with Crippen LogP contribution in [0.3, 0.4) is 0 Å². The van der Waals surface area contributed by atoms with E-state index in [0.29, 0.717) is 31.1 Å². The van der Waals surface area contributed by atoms with Crippen molar-refractivity contribution in [3.8, 4) is 34.0 Å². The van der Waals surface area contributed by atoms with E-state index < -0.39 is 31.9 Å². The Morgan fingerprint density at radius 2 is 1.12 bits per heavy atom. The van der Waals surface area contributed by atoms with Gasteiger partial charge in [-0.15, -0.1) is 0 Å². The number of hydrogen-bond donors (Lipinski definition) is 3. The number of benzene rings is 2. The molecule has 0 spiro atoms. The number of amides is 1. The van der Waals surface area contributed by atoms with Gasteiger partial charge >= 0.3 is 5.97 Å². The number of primary sulfonamides is 1. The van der Waals surface area contributed by atoms with Gasteiger partial charge in [-0.1, -0.05) is 52.0 Å². The summed E-state index contributed by atoms with van der Waals surface area (Å²) in [4.78, 5) is 36.7. The first-order valence-electron chi connectivity index (χ1n) is 22.5. The Kier molecular flexibility index (Phi) is 20.8. The summed E-state index contributed by atoms with van der Waals surface area (Å²) in [6, 6.07) is 15.7. The van der Waals surface area contributed by atoms with Crippen LogP contribution in [-0.4, -0.2) is 119 Å². The molecule has 17 heteroatoms. The van der Waals surface area contributed by atoms with Crippen molar-refractivity contribution in [3.05, 3.63) is 94.3 Å². The molecule has 0 fully saturated rings. The van der Waals surface area contributed by atoms with E-state index in [0.717, 1.165) is 110 Å². The highest BCUT2D eigenvalue weighted by molar-refractivity contribution is 7.90. The van der Waals surface area contributed by atoms with Crippen molar-refractivity contribution >= 4 is 31.9 Å². The Hall–Kier alpha value is -4.94. The van der Waals surface area contributed by atoms with Crippen molar-refractivity contribution in [1.82, 2.24) is 24.5 Å². The van der Waals surface area contributed by atoms with Crippen molar-refractivity contribution < 1.29 is 41.0 Å². The zero-order valence-corrected chi connectivity index (χ0v) is 40.5. The molecular weight excluding hydrogens is 869 g/mol. The van der Waals surface area contributed by atoms with Crippen LogP contribution in [0.5, 0.6) is 11.8 Å². The van der Waals surface area contributed by atoms with Gasteiger partial charge in [0.2, 0.25) is 37.7 Å². The molecule has 0 bridgehead atoms. The summed E-state index contributed by atoms with van der Waals surface area (Å²) < 4.78 is 58.8. The van der Waals surface area contributed by atoms with Crippen LogP contribution in [0.1, 0.15) is 86.8 Å². The molecule has 65 heavy (non-hydrogen) atoms. The number of nitrogens with zero attached hydrogens (tertiary/aromatic N) is 4. The maximum absolute atomic E-state index is 12.8. The van der Waals surface area contributed by atoms with Gasteiger partial charge in [-0.3, -0.25) is 14.3 Å². The predicted octanol–water partition coefficient (Wildman–Crippen LogP) is 5.85. The lowest BCUT2D eigenvalue weighted by Crippen LogP contribution is -2.35. The van der Waals surface area contributed by atoms with Crippen molar-refractivity contribution in [2.24, 2.45) is 5.14 Å². The maximum atomic E-state index is 12.8. The van der Waals surface area contributed by atoms with Crippen LogP contribution >= 0.6 is 0 Å². The number of pyridine rings is 2. The standard InChI is InChI=1S/C24H33N3O4S.C17H17NO3.C7H18N2O2S/c1-4-27(5-2)14-7-15-32(29,30)26-23(28)17-22-20-9-6-8-18(20)10-11-21(22)19-12-13-25-24(16-19)31-3;1-21-16-9-12(7-8-18-16)14-6-5-11-3-2-4-13(11)15(14)10-17(19)20;1-3-9(4-2)6-5-7-12(8,10)11/h10-13,16H,4-9,14-15,17H2,1-3H3,(H,26,28);5-9H,2-4,10H2,1H3,(H,19,20);3-7H2,1-2H3,(H2,8,10,11). The monoisotopic (exact) mass is 936 g/mol. The first-order chi connectivity index (χ1) is 31.0. The summed E-state index contributed by atoms with van der Waals surface area (Å²) in [6.45, 7) is 13.4. The number of nitrogens with two attached hydrogens (primary N) is 1. The highest BCUT2D eigenvalue weighted by Gasteiger charge is 2.24. The number of carbonyl (C=O) groups is 2. The number of carbonyl (C=O) groups excluding carboxylic acids is 1. The lowest BCUT2D eigenvalue weighted by atomic mass is 9.91. The van der Waals surface area contributed by atoms with E-state index in [-0.39, 0.29) is 24.3 Å². The highest BCUT2D eigenvalue weighted by atomic mass is 32.2. The van der Waals surface area contributed by atoms with Gasteiger partial charge in [-0.25, -0.2) is 31.9 Å². The molecule has 4 aromatic rings. The largest absolute Gasteiger partial charge is 0.481 e. The molecule has 6 rings (SSSR count). The smallest absolute Gasteiger partial charge is 0.307 e. The fraction of sp³-hybridized carbons (Fsp3) is 0.500. The molecule has 2 aromatic carbocycles. The van der Waals surface area contributed by atoms with Gasteiger partial charge in [-0.2, -0.15) is 0 Å². The third-order valence-corrected chi connectivity index (χ3v) is 14.0. The van der Waals surface area contributed by atoms with E-state index >= 15 is 0 Å². The fourth-order valence-corrected chi connectivity index (χ4v) is 9.99. The van der Waals surface area contributed by atoms with Crippen molar-refractivity contribution in [2.75, 3.05) is 65.0 Å². The second-order valence-corrected chi connectivity index (χ2v) is 19.6. The van der Waals surface area contributed by atoms with E-state index in [2.05, 4.69) is 50.5 Å². The number of rotatable bonds is 21. The van der Waals surface area contributed by atoms with Gasteiger partial charge in [0.1, 0.15) is 0 Å². The number of carboxylic acid groups (broad SMARTS) is 1. The number of methoxy groups -OCH3 is 2. The second-order valence-electron chi connectivity index (χ2n) is 16.1. The lowest BCUT2D eigenvalue weighted by molar-refractivity contribution is -0.136. The van der Waals surface area contributed by atoms with Gasteiger partial charge in [0.05, 0.1) is 38.6 Å². The normalized spacial score (nSPS) is 13.0.